The van der Waals surface area contributed by atoms with Crippen LogP contribution in [0.25, 0.3) is 0 Å². The van der Waals surface area contributed by atoms with Gasteiger partial charge in [-0.25, -0.2) is 8.42 Å². The fourth-order valence-corrected chi connectivity index (χ4v) is 4.93. The molecule has 2 N–H and O–H groups in total. The summed E-state index contributed by atoms with van der Waals surface area (Å²) in [6, 6.07) is 8.44. The minimum absolute atomic E-state index is 0.0454. The average Bonchev–Trinajstić information content (AvgIpc) is 2.86. The van der Waals surface area contributed by atoms with E-state index in [4.69, 9.17) is 0 Å². The van der Waals surface area contributed by atoms with Crippen molar-refractivity contribution in [1.29, 1.82) is 0 Å². The number of sulfone groups is 1. The second-order valence-corrected chi connectivity index (χ2v) is 9.75. The second-order valence-electron chi connectivity index (χ2n) is 6.50. The number of carbonyl (C=O) groups excluding carboxylic acids is 2. The number of nitrogens with one attached hydrogen (secondary N) is 2. The van der Waals surface area contributed by atoms with Crippen LogP contribution in [0, 0.1) is 0 Å². The van der Waals surface area contributed by atoms with Gasteiger partial charge in [-0.3, -0.25) is 9.59 Å². The molecule has 2 aromatic rings. The highest BCUT2D eigenvalue weighted by molar-refractivity contribution is 7.99. The number of rotatable bonds is 5. The molecule has 11 heteroatoms. The quantitative estimate of drug-likeness (QED) is 0.708. The molecule has 160 valence electrons. The summed E-state index contributed by atoms with van der Waals surface area (Å²) in [7, 11) is -3.84. The van der Waals surface area contributed by atoms with Crippen LogP contribution in [0.2, 0.25) is 0 Å². The van der Waals surface area contributed by atoms with E-state index in [0.29, 0.717) is 17.9 Å². The number of thioether (sulfide) groups is 1. The summed E-state index contributed by atoms with van der Waals surface area (Å²) < 4.78 is 63.4. The third-order valence-corrected chi connectivity index (χ3v) is 7.03. The highest BCUT2D eigenvalue weighted by Gasteiger charge is 2.30. The molecule has 0 radical (unpaired) electrons. The molecule has 0 saturated heterocycles. The normalized spacial score (nSPS) is 14.4. The van der Waals surface area contributed by atoms with Crippen LogP contribution in [0.3, 0.4) is 0 Å². The first-order valence-corrected chi connectivity index (χ1v) is 11.4. The summed E-state index contributed by atoms with van der Waals surface area (Å²) in [6.45, 7) is 0. The summed E-state index contributed by atoms with van der Waals surface area (Å²) in [5.74, 6) is -0.883. The molecule has 30 heavy (non-hydrogen) atoms. The lowest BCUT2D eigenvalue weighted by molar-refractivity contribution is -0.137. The van der Waals surface area contributed by atoms with E-state index in [1.807, 2.05) is 0 Å². The molecular formula is C19H17F3N2O4S2. The predicted molar refractivity (Wildman–Crippen MR) is 107 cm³/mol. The Morgan fingerprint density at radius 2 is 1.93 bits per heavy atom. The Kier molecular flexibility index (Phi) is 6.41. The highest BCUT2D eigenvalue weighted by atomic mass is 32.2. The van der Waals surface area contributed by atoms with Gasteiger partial charge in [-0.05, 0) is 36.4 Å². The van der Waals surface area contributed by atoms with Crippen LogP contribution in [-0.2, 0) is 25.6 Å². The summed E-state index contributed by atoms with van der Waals surface area (Å²) in [6.07, 6.45) is -4.67. The van der Waals surface area contributed by atoms with E-state index in [2.05, 4.69) is 10.6 Å². The van der Waals surface area contributed by atoms with Crippen LogP contribution in [0.5, 0.6) is 0 Å². The smallest absolute Gasteiger partial charge is 0.326 e. The van der Waals surface area contributed by atoms with Crippen molar-refractivity contribution in [2.24, 2.45) is 0 Å². The summed E-state index contributed by atoms with van der Waals surface area (Å²) in [4.78, 5) is 24.4. The molecule has 0 aliphatic carbocycles. The number of fused-ring (bicyclic) bond motifs is 1. The van der Waals surface area contributed by atoms with Gasteiger partial charge >= 0.3 is 6.18 Å². The Bertz CT molecular complexity index is 1090. The number of hydrogen-bond acceptors (Lipinski definition) is 5. The number of hydrogen-bond donors (Lipinski definition) is 2. The van der Waals surface area contributed by atoms with Gasteiger partial charge < -0.3 is 10.6 Å². The lowest BCUT2D eigenvalue weighted by Gasteiger charge is -2.11. The van der Waals surface area contributed by atoms with Crippen molar-refractivity contribution in [3.05, 3.63) is 48.0 Å². The molecule has 1 aliphatic heterocycles. The molecule has 0 bridgehead atoms. The third kappa shape index (κ3) is 5.54. The number of anilines is 2. The van der Waals surface area contributed by atoms with Crippen molar-refractivity contribution in [3.63, 3.8) is 0 Å². The Hall–Kier alpha value is -2.53. The maximum absolute atomic E-state index is 12.7. The van der Waals surface area contributed by atoms with Crippen LogP contribution in [0.1, 0.15) is 18.4 Å². The fourth-order valence-electron chi connectivity index (χ4n) is 2.73. The minimum atomic E-state index is -4.55. The molecule has 2 aromatic carbocycles. The number of alkyl halides is 3. The van der Waals surface area contributed by atoms with Gasteiger partial charge in [0.1, 0.15) is 0 Å². The van der Waals surface area contributed by atoms with Gasteiger partial charge in [-0.15, -0.1) is 11.8 Å². The zero-order chi connectivity index (χ0) is 21.9. The minimum Gasteiger partial charge on any atom is -0.326 e. The molecule has 0 saturated carbocycles. The maximum atomic E-state index is 12.7. The van der Waals surface area contributed by atoms with E-state index in [9.17, 15) is 31.2 Å². The molecule has 3 rings (SSSR count). The maximum Gasteiger partial charge on any atom is 0.416 e. The van der Waals surface area contributed by atoms with Gasteiger partial charge in [0.15, 0.2) is 9.84 Å². The molecule has 1 heterocycles. The zero-order valence-electron chi connectivity index (χ0n) is 15.5. The standard InChI is InChI=1S/C19H17F3N2O4S2/c20-19(21,22)12-2-1-3-13(10-12)23-18(26)7-9-30(27,28)14-4-5-16-15(11-14)24-17(25)6-8-29-16/h1-5,10-11H,6-9H2,(H,23,26)(H,24,25). The molecule has 1 aliphatic rings. The Labute approximate surface area is 175 Å². The number of halogens is 3. The lowest BCUT2D eigenvalue weighted by atomic mass is 10.2. The third-order valence-electron chi connectivity index (χ3n) is 4.24. The van der Waals surface area contributed by atoms with Gasteiger partial charge in [0.2, 0.25) is 11.8 Å². The van der Waals surface area contributed by atoms with Gasteiger partial charge in [0.05, 0.1) is 21.9 Å². The van der Waals surface area contributed by atoms with Crippen LogP contribution in [0.15, 0.2) is 52.3 Å². The molecule has 0 aromatic heterocycles. The van der Waals surface area contributed by atoms with E-state index in [-0.39, 0.29) is 16.5 Å². The largest absolute Gasteiger partial charge is 0.416 e. The molecule has 0 atom stereocenters. The summed E-state index contributed by atoms with van der Waals surface area (Å²) in [5, 5.41) is 4.93. The first-order valence-electron chi connectivity index (χ1n) is 8.81. The van der Waals surface area contributed by atoms with Crippen molar-refractivity contribution in [1.82, 2.24) is 0 Å². The van der Waals surface area contributed by atoms with Crippen LogP contribution in [-0.4, -0.2) is 31.7 Å². The molecule has 0 spiro atoms. The van der Waals surface area contributed by atoms with Crippen molar-refractivity contribution < 1.29 is 31.2 Å². The van der Waals surface area contributed by atoms with Crippen molar-refractivity contribution in [3.8, 4) is 0 Å². The molecule has 2 amide bonds. The SMILES string of the molecule is O=C(CCS(=O)(=O)c1ccc2c(c1)NC(=O)CCS2)Nc1cccc(C(F)(F)F)c1. The number of amides is 2. The topological polar surface area (TPSA) is 92.3 Å². The van der Waals surface area contributed by atoms with E-state index in [1.165, 1.54) is 30.0 Å². The Balaban J connectivity index is 1.67. The molecular weight excluding hydrogens is 441 g/mol. The molecule has 0 unspecified atom stereocenters. The monoisotopic (exact) mass is 458 g/mol. The van der Waals surface area contributed by atoms with Crippen molar-refractivity contribution in [2.45, 2.75) is 28.8 Å². The summed E-state index contributed by atoms with van der Waals surface area (Å²) in [5.41, 5.74) is -0.591. The fraction of sp³-hybridized carbons (Fsp3) is 0.263. The van der Waals surface area contributed by atoms with Gasteiger partial charge in [-0.2, -0.15) is 13.2 Å². The number of carbonyl (C=O) groups is 2. The molecule has 0 fully saturated rings. The van der Waals surface area contributed by atoms with Crippen LogP contribution in [0.4, 0.5) is 24.5 Å². The van der Waals surface area contributed by atoms with E-state index < -0.39 is 39.7 Å². The van der Waals surface area contributed by atoms with Gasteiger partial charge in [-0.1, -0.05) is 6.07 Å². The lowest BCUT2D eigenvalue weighted by Crippen LogP contribution is -2.18. The summed E-state index contributed by atoms with van der Waals surface area (Å²) >= 11 is 1.43. The van der Waals surface area contributed by atoms with E-state index >= 15 is 0 Å². The second kappa shape index (κ2) is 8.68. The van der Waals surface area contributed by atoms with E-state index in [0.717, 1.165) is 23.1 Å². The van der Waals surface area contributed by atoms with Gasteiger partial charge in [0, 0.05) is 29.2 Å². The first-order chi connectivity index (χ1) is 14.0. The van der Waals surface area contributed by atoms with Crippen LogP contribution >= 0.6 is 11.8 Å². The van der Waals surface area contributed by atoms with Gasteiger partial charge in [0.25, 0.3) is 0 Å². The highest BCUT2D eigenvalue weighted by Crippen LogP contribution is 2.33. The molecule has 6 nitrogen and oxygen atoms in total. The zero-order valence-corrected chi connectivity index (χ0v) is 17.1. The average molecular weight is 458 g/mol. The van der Waals surface area contributed by atoms with Crippen molar-refractivity contribution in [2.75, 3.05) is 22.1 Å². The van der Waals surface area contributed by atoms with Crippen molar-refractivity contribution >= 4 is 44.8 Å². The predicted octanol–water partition coefficient (Wildman–Crippen LogP) is 3.94. The first kappa shape index (κ1) is 22.2. The number of benzene rings is 2. The van der Waals surface area contributed by atoms with Crippen LogP contribution < -0.4 is 10.6 Å². The Morgan fingerprint density at radius 1 is 1.17 bits per heavy atom. The Morgan fingerprint density at radius 3 is 2.67 bits per heavy atom. The van der Waals surface area contributed by atoms with E-state index in [1.54, 1.807) is 6.07 Å².